The van der Waals surface area contributed by atoms with Crippen LogP contribution in [0.5, 0.6) is 0 Å². The average molecular weight is 253 g/mol. The zero-order chi connectivity index (χ0) is 13.4. The maximum atomic E-state index is 5.77. The van der Waals surface area contributed by atoms with Crippen LogP contribution in [-0.4, -0.2) is 35.9 Å². The molecule has 0 fully saturated rings. The summed E-state index contributed by atoms with van der Waals surface area (Å²) in [6, 6.07) is 0. The second-order valence-corrected chi connectivity index (χ2v) is 4.09. The van der Waals surface area contributed by atoms with Gasteiger partial charge in [-0.2, -0.15) is 5.10 Å². The number of aryl methyl sites for hydroxylation is 2. The summed E-state index contributed by atoms with van der Waals surface area (Å²) in [6.07, 6.45) is 0.924. The Morgan fingerprint density at radius 1 is 1.50 bits per heavy atom. The van der Waals surface area contributed by atoms with Crippen molar-refractivity contribution in [3.05, 3.63) is 17.0 Å². The molecule has 0 bridgehead atoms. The molecule has 102 valence electrons. The summed E-state index contributed by atoms with van der Waals surface area (Å²) in [5, 5.41) is 10.1. The molecule has 0 saturated carbocycles. The number of nitrogens with zero attached hydrogens (tertiary/aromatic N) is 2. The van der Waals surface area contributed by atoms with E-state index in [2.05, 4.69) is 20.5 Å². The number of aromatic nitrogens is 2. The van der Waals surface area contributed by atoms with Gasteiger partial charge < -0.3 is 15.8 Å². The molecule has 0 saturated heterocycles. The Kier molecular flexibility index (Phi) is 6.21. The van der Waals surface area contributed by atoms with E-state index in [0.29, 0.717) is 12.5 Å². The van der Waals surface area contributed by atoms with Crippen molar-refractivity contribution >= 4 is 5.96 Å². The Morgan fingerprint density at radius 3 is 2.89 bits per heavy atom. The van der Waals surface area contributed by atoms with Crippen molar-refractivity contribution in [1.29, 1.82) is 0 Å². The summed E-state index contributed by atoms with van der Waals surface area (Å²) in [4.78, 5) is 4.29. The number of rotatable bonds is 7. The quantitative estimate of drug-likeness (QED) is 0.382. The Balaban J connectivity index is 2.29. The lowest BCUT2D eigenvalue weighted by Crippen LogP contribution is -2.32. The van der Waals surface area contributed by atoms with Gasteiger partial charge in [0, 0.05) is 31.0 Å². The van der Waals surface area contributed by atoms with Crippen LogP contribution in [0.4, 0.5) is 0 Å². The lowest BCUT2D eigenvalue weighted by Gasteiger charge is -2.05. The number of hydrogen-bond acceptors (Lipinski definition) is 3. The van der Waals surface area contributed by atoms with Crippen LogP contribution in [0.3, 0.4) is 0 Å². The Labute approximate surface area is 108 Å². The molecule has 0 spiro atoms. The van der Waals surface area contributed by atoms with E-state index in [1.807, 2.05) is 20.8 Å². The molecule has 1 aromatic rings. The van der Waals surface area contributed by atoms with Crippen LogP contribution >= 0.6 is 0 Å². The van der Waals surface area contributed by atoms with E-state index in [4.69, 9.17) is 10.5 Å². The minimum atomic E-state index is 0.464. The maximum Gasteiger partial charge on any atom is 0.188 e. The van der Waals surface area contributed by atoms with E-state index < -0.39 is 0 Å². The summed E-state index contributed by atoms with van der Waals surface area (Å²) in [6.45, 7) is 8.76. The van der Waals surface area contributed by atoms with Gasteiger partial charge in [-0.15, -0.1) is 0 Å². The molecule has 1 aromatic heterocycles. The highest BCUT2D eigenvalue weighted by molar-refractivity contribution is 5.77. The SMILES string of the molecule is CCOCCCNC(N)=NCc1c(C)n[nH]c1C. The fraction of sp³-hybridized carbons (Fsp3) is 0.667. The smallest absolute Gasteiger partial charge is 0.188 e. The van der Waals surface area contributed by atoms with Crippen LogP contribution in [0.25, 0.3) is 0 Å². The number of aliphatic imine (C=N–C) groups is 1. The molecule has 1 heterocycles. The first-order chi connectivity index (χ1) is 8.65. The molecule has 6 nitrogen and oxygen atoms in total. The molecule has 0 amide bonds. The third-order valence-corrected chi connectivity index (χ3v) is 2.66. The van der Waals surface area contributed by atoms with E-state index in [0.717, 1.165) is 43.1 Å². The summed E-state index contributed by atoms with van der Waals surface area (Å²) >= 11 is 0. The second-order valence-electron chi connectivity index (χ2n) is 4.09. The topological polar surface area (TPSA) is 88.3 Å². The minimum absolute atomic E-state index is 0.464. The number of hydrogen-bond donors (Lipinski definition) is 3. The Bertz CT molecular complexity index is 366. The normalized spacial score (nSPS) is 11.8. The zero-order valence-corrected chi connectivity index (χ0v) is 11.4. The van der Waals surface area contributed by atoms with Crippen molar-refractivity contribution < 1.29 is 4.74 Å². The van der Waals surface area contributed by atoms with Gasteiger partial charge in [0.15, 0.2) is 5.96 Å². The van der Waals surface area contributed by atoms with Crippen molar-refractivity contribution in [3.8, 4) is 0 Å². The predicted molar refractivity (Wildman–Crippen MR) is 72.5 cm³/mol. The van der Waals surface area contributed by atoms with Crippen LogP contribution in [0, 0.1) is 13.8 Å². The summed E-state index contributed by atoms with van der Waals surface area (Å²) in [7, 11) is 0. The van der Waals surface area contributed by atoms with E-state index in [1.165, 1.54) is 0 Å². The monoisotopic (exact) mass is 253 g/mol. The van der Waals surface area contributed by atoms with Gasteiger partial charge in [-0.1, -0.05) is 0 Å². The molecule has 0 atom stereocenters. The number of nitrogens with two attached hydrogens (primary N) is 1. The Morgan fingerprint density at radius 2 is 2.28 bits per heavy atom. The fourth-order valence-corrected chi connectivity index (χ4v) is 1.56. The standard InChI is InChI=1S/C12H23N5O/c1-4-18-7-5-6-14-12(13)15-8-11-9(2)16-17-10(11)3/h4-8H2,1-3H3,(H,16,17)(H3,13,14,15). The van der Waals surface area contributed by atoms with Gasteiger partial charge in [0.2, 0.25) is 0 Å². The molecule has 18 heavy (non-hydrogen) atoms. The first-order valence-electron chi connectivity index (χ1n) is 6.27. The molecular weight excluding hydrogens is 230 g/mol. The van der Waals surface area contributed by atoms with Gasteiger partial charge in [-0.25, -0.2) is 4.99 Å². The minimum Gasteiger partial charge on any atom is -0.382 e. The van der Waals surface area contributed by atoms with Crippen molar-refractivity contribution in [2.75, 3.05) is 19.8 Å². The molecule has 0 aliphatic carbocycles. The molecule has 1 rings (SSSR count). The average Bonchev–Trinajstić information content (AvgIpc) is 2.66. The first-order valence-corrected chi connectivity index (χ1v) is 6.27. The van der Waals surface area contributed by atoms with Crippen molar-refractivity contribution in [3.63, 3.8) is 0 Å². The van der Waals surface area contributed by atoms with Gasteiger partial charge >= 0.3 is 0 Å². The van der Waals surface area contributed by atoms with Crippen LogP contribution < -0.4 is 11.1 Å². The zero-order valence-electron chi connectivity index (χ0n) is 11.4. The van der Waals surface area contributed by atoms with Crippen LogP contribution in [0.2, 0.25) is 0 Å². The maximum absolute atomic E-state index is 5.77. The van der Waals surface area contributed by atoms with Gasteiger partial charge in [-0.3, -0.25) is 5.10 Å². The highest BCUT2D eigenvalue weighted by atomic mass is 16.5. The lowest BCUT2D eigenvalue weighted by molar-refractivity contribution is 0.145. The summed E-state index contributed by atoms with van der Waals surface area (Å²) in [5.41, 5.74) is 8.89. The fourth-order valence-electron chi connectivity index (χ4n) is 1.56. The van der Waals surface area contributed by atoms with Gasteiger partial charge in [0.1, 0.15) is 0 Å². The lowest BCUT2D eigenvalue weighted by atomic mass is 10.2. The highest BCUT2D eigenvalue weighted by Gasteiger charge is 2.04. The molecule has 0 unspecified atom stereocenters. The number of H-pyrrole nitrogens is 1. The number of ether oxygens (including phenoxy) is 1. The molecule has 0 aromatic carbocycles. The van der Waals surface area contributed by atoms with Gasteiger partial charge in [-0.05, 0) is 27.2 Å². The summed E-state index contributed by atoms with van der Waals surface area (Å²) in [5.74, 6) is 0.464. The van der Waals surface area contributed by atoms with E-state index in [1.54, 1.807) is 0 Å². The van der Waals surface area contributed by atoms with Crippen molar-refractivity contribution in [2.45, 2.75) is 33.7 Å². The highest BCUT2D eigenvalue weighted by Crippen LogP contribution is 2.09. The second kappa shape index (κ2) is 7.71. The molecule has 0 radical (unpaired) electrons. The predicted octanol–water partition coefficient (Wildman–Crippen LogP) is 0.857. The molecule has 4 N–H and O–H groups in total. The third kappa shape index (κ3) is 4.75. The molecule has 6 heteroatoms. The van der Waals surface area contributed by atoms with E-state index in [9.17, 15) is 0 Å². The third-order valence-electron chi connectivity index (χ3n) is 2.66. The van der Waals surface area contributed by atoms with Gasteiger partial charge in [0.05, 0.1) is 12.2 Å². The van der Waals surface area contributed by atoms with E-state index >= 15 is 0 Å². The van der Waals surface area contributed by atoms with Crippen LogP contribution in [0.1, 0.15) is 30.3 Å². The van der Waals surface area contributed by atoms with Crippen molar-refractivity contribution in [2.24, 2.45) is 10.7 Å². The van der Waals surface area contributed by atoms with E-state index in [-0.39, 0.29) is 0 Å². The number of nitrogens with one attached hydrogen (secondary N) is 2. The largest absolute Gasteiger partial charge is 0.382 e. The Hall–Kier alpha value is -1.56. The van der Waals surface area contributed by atoms with Crippen molar-refractivity contribution in [1.82, 2.24) is 15.5 Å². The molecular formula is C12H23N5O. The number of guanidine groups is 1. The van der Waals surface area contributed by atoms with Crippen LogP contribution in [-0.2, 0) is 11.3 Å². The van der Waals surface area contributed by atoms with Gasteiger partial charge in [0.25, 0.3) is 0 Å². The van der Waals surface area contributed by atoms with Crippen LogP contribution in [0.15, 0.2) is 4.99 Å². The number of aromatic amines is 1. The first kappa shape index (κ1) is 14.5. The molecule has 0 aliphatic heterocycles. The summed E-state index contributed by atoms with van der Waals surface area (Å²) < 4.78 is 5.23. The molecule has 0 aliphatic rings.